The molecule has 0 radical (unpaired) electrons. The van der Waals surface area contributed by atoms with Crippen molar-refractivity contribution in [1.29, 1.82) is 0 Å². The van der Waals surface area contributed by atoms with Crippen molar-refractivity contribution >= 4 is 23.1 Å². The van der Waals surface area contributed by atoms with E-state index in [-0.39, 0.29) is 11.8 Å². The maximum Gasteiger partial charge on any atom is 0.230 e. The molecular weight excluding hydrogens is 356 g/mol. The zero-order valence-corrected chi connectivity index (χ0v) is 17.6. The van der Waals surface area contributed by atoms with E-state index < -0.39 is 0 Å². The van der Waals surface area contributed by atoms with Crippen LogP contribution in [0.3, 0.4) is 0 Å². The number of piperidine rings is 1. The first kappa shape index (κ1) is 19.8. The number of carbonyl (C=O) groups is 1. The topological polar surface area (TPSA) is 49.3 Å². The third kappa shape index (κ3) is 4.67. The normalized spacial score (nSPS) is 16.4. The summed E-state index contributed by atoms with van der Waals surface area (Å²) < 4.78 is 0. The van der Waals surface area contributed by atoms with E-state index in [9.17, 15) is 4.79 Å². The molecule has 5 nitrogen and oxygen atoms in total. The quantitative estimate of drug-likeness (QED) is 0.748. The average molecular weight is 387 g/mol. The number of hydrogen-bond donors (Lipinski definition) is 0. The molecule has 0 saturated carbocycles. The number of rotatable bonds is 6. The molecule has 3 rings (SSSR count). The Balaban J connectivity index is 1.67. The van der Waals surface area contributed by atoms with Crippen LogP contribution >= 0.6 is 11.3 Å². The van der Waals surface area contributed by atoms with Crippen molar-refractivity contribution in [2.45, 2.75) is 58.9 Å². The van der Waals surface area contributed by atoms with Gasteiger partial charge in [-0.1, -0.05) is 13.0 Å². The van der Waals surface area contributed by atoms with Crippen molar-refractivity contribution in [2.24, 2.45) is 0 Å². The lowest BCUT2D eigenvalue weighted by atomic mass is 9.99. The molecule has 1 aliphatic heterocycles. The molecule has 1 atom stereocenters. The van der Waals surface area contributed by atoms with E-state index in [1.54, 1.807) is 11.3 Å². The molecule has 0 N–H and O–H groups in total. The van der Waals surface area contributed by atoms with Gasteiger partial charge < -0.3 is 9.80 Å². The monoisotopic (exact) mass is 386 g/mol. The minimum atomic E-state index is -0.0539. The summed E-state index contributed by atoms with van der Waals surface area (Å²) >= 11 is 1.67. The Morgan fingerprint density at radius 2 is 2.07 bits per heavy atom. The molecule has 1 unspecified atom stereocenters. The Bertz CT molecular complexity index is 733. The second kappa shape index (κ2) is 8.83. The molecule has 2 aromatic heterocycles. The molecule has 2 aromatic rings. The van der Waals surface area contributed by atoms with Crippen LogP contribution in [-0.4, -0.2) is 46.5 Å². The smallest absolute Gasteiger partial charge is 0.230 e. The van der Waals surface area contributed by atoms with Gasteiger partial charge in [0.05, 0.1) is 5.92 Å². The Hall–Kier alpha value is -1.95. The molecule has 0 aromatic carbocycles. The van der Waals surface area contributed by atoms with Crippen LogP contribution in [0.4, 0.5) is 5.82 Å². The molecule has 6 heteroatoms. The number of anilines is 1. The predicted octanol–water partition coefficient (Wildman–Crippen LogP) is 4.17. The number of carbonyl (C=O) groups excluding carboxylic acids is 1. The fourth-order valence-electron chi connectivity index (χ4n) is 3.89. The molecule has 0 bridgehead atoms. The predicted molar refractivity (Wildman–Crippen MR) is 111 cm³/mol. The molecule has 27 heavy (non-hydrogen) atoms. The number of nitrogens with zero attached hydrogens (tertiary/aromatic N) is 4. The highest BCUT2D eigenvalue weighted by atomic mass is 32.1. The summed E-state index contributed by atoms with van der Waals surface area (Å²) in [6, 6.07) is 6.47. The standard InChI is InChI=1S/C21H30N4OS/c1-5-10-25(21(26)16(3)19-7-6-13-27-19)18-8-11-24(12-9-18)20-14-15(2)22-17(4)23-20/h6-7,13-14,16,18H,5,8-12H2,1-4H3. The maximum absolute atomic E-state index is 13.2. The van der Waals surface area contributed by atoms with Crippen molar-refractivity contribution in [1.82, 2.24) is 14.9 Å². The Morgan fingerprint density at radius 1 is 1.33 bits per heavy atom. The van der Waals surface area contributed by atoms with Crippen molar-refractivity contribution in [3.8, 4) is 0 Å². The number of hydrogen-bond acceptors (Lipinski definition) is 5. The van der Waals surface area contributed by atoms with E-state index in [1.807, 2.05) is 32.2 Å². The van der Waals surface area contributed by atoms with E-state index in [2.05, 4.69) is 38.8 Å². The van der Waals surface area contributed by atoms with Crippen LogP contribution in [0.2, 0.25) is 0 Å². The maximum atomic E-state index is 13.2. The zero-order valence-electron chi connectivity index (χ0n) is 16.8. The Morgan fingerprint density at radius 3 is 2.67 bits per heavy atom. The molecular formula is C21H30N4OS. The van der Waals surface area contributed by atoms with Crippen LogP contribution in [0.15, 0.2) is 23.6 Å². The van der Waals surface area contributed by atoms with Crippen molar-refractivity contribution in [3.05, 3.63) is 40.0 Å². The zero-order chi connectivity index (χ0) is 19.4. The number of amides is 1. The molecule has 3 heterocycles. The van der Waals surface area contributed by atoms with Crippen molar-refractivity contribution in [2.75, 3.05) is 24.5 Å². The van der Waals surface area contributed by atoms with Gasteiger partial charge in [-0.05, 0) is 51.5 Å². The molecule has 1 saturated heterocycles. The van der Waals surface area contributed by atoms with Gasteiger partial charge in [0.15, 0.2) is 0 Å². The van der Waals surface area contributed by atoms with Gasteiger partial charge in [-0.15, -0.1) is 11.3 Å². The third-order valence-corrected chi connectivity index (χ3v) is 6.32. The highest BCUT2D eigenvalue weighted by molar-refractivity contribution is 7.10. The number of thiophene rings is 1. The molecule has 0 aliphatic carbocycles. The van der Waals surface area contributed by atoms with E-state index >= 15 is 0 Å². The van der Waals surface area contributed by atoms with Gasteiger partial charge in [0, 0.05) is 42.3 Å². The first-order chi connectivity index (χ1) is 13.0. The van der Waals surface area contributed by atoms with E-state index in [1.165, 1.54) is 0 Å². The van der Waals surface area contributed by atoms with Crippen LogP contribution in [0, 0.1) is 13.8 Å². The molecule has 0 spiro atoms. The Labute approximate surface area is 166 Å². The van der Waals surface area contributed by atoms with Gasteiger partial charge in [0.1, 0.15) is 11.6 Å². The summed E-state index contributed by atoms with van der Waals surface area (Å²) in [5, 5.41) is 2.05. The minimum absolute atomic E-state index is 0.0539. The van der Waals surface area contributed by atoms with Gasteiger partial charge in [-0.3, -0.25) is 4.79 Å². The fraction of sp³-hybridized carbons (Fsp3) is 0.571. The molecule has 1 amide bonds. The SMILES string of the molecule is CCCN(C(=O)C(C)c1cccs1)C1CCN(c2cc(C)nc(C)n2)CC1. The second-order valence-corrected chi connectivity index (χ2v) is 8.38. The van der Waals surface area contributed by atoms with Gasteiger partial charge in [0.25, 0.3) is 0 Å². The molecule has 1 fully saturated rings. The van der Waals surface area contributed by atoms with Crippen LogP contribution in [0.1, 0.15) is 55.4 Å². The summed E-state index contributed by atoms with van der Waals surface area (Å²) in [4.78, 5) is 27.8. The average Bonchev–Trinajstić information content (AvgIpc) is 3.19. The van der Waals surface area contributed by atoms with Gasteiger partial charge >= 0.3 is 0 Å². The largest absolute Gasteiger partial charge is 0.356 e. The minimum Gasteiger partial charge on any atom is -0.356 e. The highest BCUT2D eigenvalue weighted by Crippen LogP contribution is 2.27. The van der Waals surface area contributed by atoms with E-state index in [0.717, 1.165) is 61.1 Å². The second-order valence-electron chi connectivity index (χ2n) is 7.40. The number of aromatic nitrogens is 2. The first-order valence-corrected chi connectivity index (χ1v) is 10.8. The van der Waals surface area contributed by atoms with Crippen molar-refractivity contribution in [3.63, 3.8) is 0 Å². The van der Waals surface area contributed by atoms with Crippen LogP contribution in [-0.2, 0) is 4.79 Å². The Kier molecular flexibility index (Phi) is 6.47. The third-order valence-electron chi connectivity index (χ3n) is 5.27. The summed E-state index contributed by atoms with van der Waals surface area (Å²) in [6.45, 7) is 10.8. The van der Waals surface area contributed by atoms with Gasteiger partial charge in [-0.25, -0.2) is 9.97 Å². The molecule has 146 valence electrons. The summed E-state index contributed by atoms with van der Waals surface area (Å²) in [7, 11) is 0. The summed E-state index contributed by atoms with van der Waals surface area (Å²) in [5.41, 5.74) is 1.01. The lowest BCUT2D eigenvalue weighted by molar-refractivity contribution is -0.135. The summed E-state index contributed by atoms with van der Waals surface area (Å²) in [6.07, 6.45) is 2.98. The van der Waals surface area contributed by atoms with Crippen molar-refractivity contribution < 1.29 is 4.79 Å². The lowest BCUT2D eigenvalue weighted by Crippen LogP contribution is -2.49. The van der Waals surface area contributed by atoms with Gasteiger partial charge in [-0.2, -0.15) is 0 Å². The van der Waals surface area contributed by atoms with Crippen LogP contribution in [0.5, 0.6) is 0 Å². The van der Waals surface area contributed by atoms with Crippen LogP contribution < -0.4 is 4.90 Å². The van der Waals surface area contributed by atoms with Gasteiger partial charge in [0.2, 0.25) is 5.91 Å². The summed E-state index contributed by atoms with van der Waals surface area (Å²) in [5.74, 6) is 2.05. The van der Waals surface area contributed by atoms with E-state index in [0.29, 0.717) is 6.04 Å². The number of aryl methyl sites for hydroxylation is 2. The van der Waals surface area contributed by atoms with E-state index in [4.69, 9.17) is 0 Å². The molecule has 1 aliphatic rings. The van der Waals surface area contributed by atoms with Crippen LogP contribution in [0.25, 0.3) is 0 Å². The highest BCUT2D eigenvalue weighted by Gasteiger charge is 2.31. The first-order valence-electron chi connectivity index (χ1n) is 9.90. The fourth-order valence-corrected chi connectivity index (χ4v) is 4.66. The lowest BCUT2D eigenvalue weighted by Gasteiger charge is -2.40.